The number of unbranched alkanes of at least 4 members (excludes halogenated alkanes) is 29. The van der Waals surface area contributed by atoms with E-state index in [0.717, 1.165) is 96.3 Å². The highest BCUT2D eigenvalue weighted by atomic mass is 16.6. The van der Waals surface area contributed by atoms with Crippen LogP contribution >= 0.6 is 0 Å². The minimum atomic E-state index is -0.796. The molecule has 1 unspecified atom stereocenters. The lowest BCUT2D eigenvalue weighted by Crippen LogP contribution is -2.30. The third-order valence-electron chi connectivity index (χ3n) is 11.3. The Hall–Kier alpha value is -2.63. The maximum absolute atomic E-state index is 12.8. The fourth-order valence-corrected chi connectivity index (χ4v) is 7.30. The zero-order valence-corrected chi connectivity index (χ0v) is 40.4. The Morgan fingerprint density at radius 3 is 0.918 bits per heavy atom. The van der Waals surface area contributed by atoms with Gasteiger partial charge in [-0.3, -0.25) is 14.4 Å². The van der Waals surface area contributed by atoms with Crippen LogP contribution in [0.1, 0.15) is 265 Å². The quantitative estimate of drug-likeness (QED) is 0.0199. The highest BCUT2D eigenvalue weighted by Crippen LogP contribution is 2.13. The van der Waals surface area contributed by atoms with Crippen molar-refractivity contribution in [1.29, 1.82) is 0 Å². The Bertz CT molecular complexity index is 1070. The first-order chi connectivity index (χ1) is 30.0. The molecule has 61 heavy (non-hydrogen) atoms. The zero-order chi connectivity index (χ0) is 44.4. The average Bonchev–Trinajstić information content (AvgIpc) is 3.26. The lowest BCUT2D eigenvalue weighted by Gasteiger charge is -2.18. The summed E-state index contributed by atoms with van der Waals surface area (Å²) in [5, 5.41) is 0. The summed E-state index contributed by atoms with van der Waals surface area (Å²) in [5.41, 5.74) is 0. The number of hydrogen-bond acceptors (Lipinski definition) is 6. The number of carbonyl (C=O) groups excluding carboxylic acids is 3. The Morgan fingerprint density at radius 1 is 0.328 bits per heavy atom. The van der Waals surface area contributed by atoms with E-state index in [9.17, 15) is 14.4 Å². The number of ether oxygens (including phenoxy) is 3. The molecule has 0 saturated carbocycles. The average molecular weight is 855 g/mol. The van der Waals surface area contributed by atoms with Crippen LogP contribution in [-0.2, 0) is 28.6 Å². The molecule has 0 bridgehead atoms. The monoisotopic (exact) mass is 855 g/mol. The molecular formula is C55H98O6. The molecule has 354 valence electrons. The summed E-state index contributed by atoms with van der Waals surface area (Å²) in [5.74, 6) is -0.946. The van der Waals surface area contributed by atoms with Gasteiger partial charge in [0.15, 0.2) is 6.10 Å². The van der Waals surface area contributed by atoms with E-state index in [0.29, 0.717) is 19.3 Å². The van der Waals surface area contributed by atoms with E-state index in [4.69, 9.17) is 14.2 Å². The third-order valence-corrected chi connectivity index (χ3v) is 11.3. The van der Waals surface area contributed by atoms with Gasteiger partial charge >= 0.3 is 17.9 Å². The topological polar surface area (TPSA) is 78.9 Å². The molecule has 0 spiro atoms. The Morgan fingerprint density at radius 2 is 0.590 bits per heavy atom. The first kappa shape index (κ1) is 58.4. The molecule has 0 aromatic rings. The molecule has 0 aliphatic heterocycles. The maximum Gasteiger partial charge on any atom is 0.306 e. The second-order valence-corrected chi connectivity index (χ2v) is 17.5. The summed E-state index contributed by atoms with van der Waals surface area (Å²) in [4.78, 5) is 37.9. The van der Waals surface area contributed by atoms with Crippen LogP contribution in [-0.4, -0.2) is 37.2 Å². The molecule has 0 rings (SSSR count). The normalized spacial score (nSPS) is 12.4. The second-order valence-electron chi connectivity index (χ2n) is 17.5. The van der Waals surface area contributed by atoms with E-state index in [1.54, 1.807) is 0 Å². The second kappa shape index (κ2) is 50.0. The fraction of sp³-hybridized carbons (Fsp3) is 0.800. The number of rotatable bonds is 47. The van der Waals surface area contributed by atoms with Crippen molar-refractivity contribution in [2.45, 2.75) is 271 Å². The number of allylic oxidation sites excluding steroid dienone is 8. The lowest BCUT2D eigenvalue weighted by molar-refractivity contribution is -0.167. The van der Waals surface area contributed by atoms with Crippen LogP contribution in [0.3, 0.4) is 0 Å². The van der Waals surface area contributed by atoms with Gasteiger partial charge in [-0.2, -0.15) is 0 Å². The van der Waals surface area contributed by atoms with Gasteiger partial charge in [-0.25, -0.2) is 0 Å². The van der Waals surface area contributed by atoms with Gasteiger partial charge in [-0.1, -0.05) is 198 Å². The number of esters is 3. The molecule has 0 aromatic carbocycles. The van der Waals surface area contributed by atoms with E-state index >= 15 is 0 Å². The number of hydrogen-bond donors (Lipinski definition) is 0. The Balaban J connectivity index is 4.45. The van der Waals surface area contributed by atoms with E-state index < -0.39 is 6.10 Å². The molecule has 0 fully saturated rings. The van der Waals surface area contributed by atoms with Gasteiger partial charge in [0.25, 0.3) is 0 Å². The standard InChI is InChI=1S/C55H98O6/c1-4-7-10-13-16-19-22-25-27-28-31-33-36-39-42-45-48-54(57)60-51-52(50-59-53(56)47-44-41-38-35-32-29-24-21-18-15-12-9-6-3)61-55(58)49-46-43-40-37-34-30-26-23-20-17-14-11-8-5-2/h27-34,52H,4-26,35-51H2,1-3H3/b28-27-,32-29-,33-31-,34-30-. The van der Waals surface area contributed by atoms with Crippen LogP contribution < -0.4 is 0 Å². The van der Waals surface area contributed by atoms with Crippen LogP contribution in [0.25, 0.3) is 0 Å². The first-order valence-corrected chi connectivity index (χ1v) is 26.2. The molecule has 0 amide bonds. The van der Waals surface area contributed by atoms with Gasteiger partial charge in [0, 0.05) is 19.3 Å². The van der Waals surface area contributed by atoms with Crippen LogP contribution in [0.15, 0.2) is 48.6 Å². The molecule has 0 saturated heterocycles. The van der Waals surface area contributed by atoms with Crippen LogP contribution in [0.5, 0.6) is 0 Å². The van der Waals surface area contributed by atoms with Crippen molar-refractivity contribution in [3.63, 3.8) is 0 Å². The summed E-state index contributed by atoms with van der Waals surface area (Å²) >= 11 is 0. The highest BCUT2D eigenvalue weighted by molar-refractivity contribution is 5.71. The zero-order valence-electron chi connectivity index (χ0n) is 40.4. The molecule has 0 aliphatic rings. The Labute approximate surface area is 378 Å². The highest BCUT2D eigenvalue weighted by Gasteiger charge is 2.19. The van der Waals surface area contributed by atoms with Gasteiger partial charge in [0.05, 0.1) is 0 Å². The smallest absolute Gasteiger partial charge is 0.306 e. The van der Waals surface area contributed by atoms with Crippen molar-refractivity contribution < 1.29 is 28.6 Å². The van der Waals surface area contributed by atoms with Crippen molar-refractivity contribution in [3.05, 3.63) is 48.6 Å². The molecule has 0 radical (unpaired) electrons. The minimum Gasteiger partial charge on any atom is -0.462 e. The molecule has 6 heteroatoms. The molecule has 1 atom stereocenters. The van der Waals surface area contributed by atoms with Crippen molar-refractivity contribution >= 4 is 17.9 Å². The minimum absolute atomic E-state index is 0.0948. The third kappa shape index (κ3) is 48.3. The maximum atomic E-state index is 12.8. The number of carbonyl (C=O) groups is 3. The molecule has 6 nitrogen and oxygen atoms in total. The van der Waals surface area contributed by atoms with Crippen molar-refractivity contribution in [2.24, 2.45) is 0 Å². The predicted octanol–water partition coefficient (Wildman–Crippen LogP) is 17.1. The molecule has 0 heterocycles. The van der Waals surface area contributed by atoms with E-state index in [1.807, 2.05) is 0 Å². The predicted molar refractivity (Wildman–Crippen MR) is 261 cm³/mol. The fourth-order valence-electron chi connectivity index (χ4n) is 7.30. The lowest BCUT2D eigenvalue weighted by atomic mass is 10.1. The van der Waals surface area contributed by atoms with Gasteiger partial charge in [-0.15, -0.1) is 0 Å². The Kier molecular flexibility index (Phi) is 47.9. The molecular weight excluding hydrogens is 757 g/mol. The molecule has 0 N–H and O–H groups in total. The largest absolute Gasteiger partial charge is 0.462 e. The summed E-state index contributed by atoms with van der Waals surface area (Å²) in [6.45, 7) is 6.58. The van der Waals surface area contributed by atoms with E-state index in [1.165, 1.54) is 128 Å². The van der Waals surface area contributed by atoms with Crippen molar-refractivity contribution in [1.82, 2.24) is 0 Å². The van der Waals surface area contributed by atoms with Crippen molar-refractivity contribution in [3.8, 4) is 0 Å². The van der Waals surface area contributed by atoms with Crippen LogP contribution in [0.4, 0.5) is 0 Å². The van der Waals surface area contributed by atoms with E-state index in [-0.39, 0.29) is 31.1 Å². The first-order valence-electron chi connectivity index (χ1n) is 26.2. The summed E-state index contributed by atoms with van der Waals surface area (Å²) < 4.78 is 16.7. The van der Waals surface area contributed by atoms with E-state index in [2.05, 4.69) is 69.4 Å². The summed E-state index contributed by atoms with van der Waals surface area (Å²) in [6.07, 6.45) is 59.5. The summed E-state index contributed by atoms with van der Waals surface area (Å²) in [6, 6.07) is 0. The molecule has 0 aliphatic carbocycles. The van der Waals surface area contributed by atoms with Crippen molar-refractivity contribution in [2.75, 3.05) is 13.2 Å². The van der Waals surface area contributed by atoms with Gasteiger partial charge < -0.3 is 14.2 Å². The van der Waals surface area contributed by atoms with Gasteiger partial charge in [0.2, 0.25) is 0 Å². The van der Waals surface area contributed by atoms with Crippen LogP contribution in [0.2, 0.25) is 0 Å². The van der Waals surface area contributed by atoms with Gasteiger partial charge in [-0.05, 0) is 96.3 Å². The summed E-state index contributed by atoms with van der Waals surface area (Å²) in [7, 11) is 0. The SMILES string of the molecule is CCCCCCCC/C=C\CCCCCC(=O)OCC(COC(=O)CCCCC/C=C\C=C/CCCCCCCCC)OC(=O)CCCCC/C=C\CCCCCCCCC. The van der Waals surface area contributed by atoms with Crippen LogP contribution in [0, 0.1) is 0 Å². The van der Waals surface area contributed by atoms with Gasteiger partial charge in [0.1, 0.15) is 13.2 Å². The molecule has 0 aromatic heterocycles.